The van der Waals surface area contributed by atoms with Crippen LogP contribution in [0.5, 0.6) is 0 Å². The first-order valence-corrected chi connectivity index (χ1v) is 9.29. The molecule has 0 bridgehead atoms. The number of nitrogens with zero attached hydrogens (tertiary/aromatic N) is 2. The van der Waals surface area contributed by atoms with E-state index >= 15 is 0 Å². The molecule has 3 aromatic carbocycles. The summed E-state index contributed by atoms with van der Waals surface area (Å²) in [6.45, 7) is 0. The minimum atomic E-state index is -0.0258. The number of carbonyl (C=O) groups is 1. The van der Waals surface area contributed by atoms with Crippen molar-refractivity contribution in [2.24, 2.45) is 7.05 Å². The number of carbonyl (C=O) groups excluding carboxylic acids is 1. The molecule has 4 nitrogen and oxygen atoms in total. The average Bonchev–Trinajstić information content (AvgIpc) is 3.04. The molecule has 0 aliphatic rings. The lowest BCUT2D eigenvalue weighted by Gasteiger charge is -2.17. The Morgan fingerprint density at radius 1 is 0.964 bits per heavy atom. The highest BCUT2D eigenvalue weighted by molar-refractivity contribution is 6.07. The Morgan fingerprint density at radius 2 is 1.68 bits per heavy atom. The van der Waals surface area contributed by atoms with Gasteiger partial charge in [-0.3, -0.25) is 4.79 Å². The van der Waals surface area contributed by atoms with E-state index in [-0.39, 0.29) is 5.91 Å². The van der Waals surface area contributed by atoms with Crippen LogP contribution in [0.1, 0.15) is 21.5 Å². The van der Waals surface area contributed by atoms with Crippen molar-refractivity contribution in [2.75, 3.05) is 17.7 Å². The highest BCUT2D eigenvalue weighted by atomic mass is 16.2. The van der Waals surface area contributed by atoms with E-state index in [4.69, 9.17) is 5.73 Å². The summed E-state index contributed by atoms with van der Waals surface area (Å²) in [6, 6.07) is 23.5. The van der Waals surface area contributed by atoms with Crippen LogP contribution in [0.25, 0.3) is 10.9 Å². The molecule has 4 aromatic rings. The Bertz CT molecular complexity index is 1150. The van der Waals surface area contributed by atoms with E-state index < -0.39 is 0 Å². The number of nitrogens with two attached hydrogens (primary N) is 1. The summed E-state index contributed by atoms with van der Waals surface area (Å²) in [7, 11) is 3.83. The Kier molecular flexibility index (Phi) is 4.62. The smallest absolute Gasteiger partial charge is 0.258 e. The molecule has 0 unspecified atom stereocenters. The van der Waals surface area contributed by atoms with E-state index in [1.165, 1.54) is 0 Å². The summed E-state index contributed by atoms with van der Waals surface area (Å²) in [6.07, 6.45) is 2.85. The number of amides is 1. The summed E-state index contributed by atoms with van der Waals surface area (Å²) in [5.41, 5.74) is 11.8. The molecule has 4 rings (SSSR count). The second-order valence-corrected chi connectivity index (χ2v) is 7.07. The van der Waals surface area contributed by atoms with Gasteiger partial charge < -0.3 is 15.2 Å². The molecule has 0 spiro atoms. The Hall–Kier alpha value is -3.53. The third kappa shape index (κ3) is 3.25. The first kappa shape index (κ1) is 17.9. The molecule has 28 heavy (non-hydrogen) atoms. The first-order chi connectivity index (χ1) is 13.5. The summed E-state index contributed by atoms with van der Waals surface area (Å²) in [5, 5.41) is 1.08. The number of hydrogen-bond acceptors (Lipinski definition) is 2. The van der Waals surface area contributed by atoms with Crippen molar-refractivity contribution in [2.45, 2.75) is 6.42 Å². The van der Waals surface area contributed by atoms with E-state index in [0.29, 0.717) is 5.56 Å². The number of nitrogen functional groups attached to an aromatic ring is 1. The maximum absolute atomic E-state index is 13.0. The first-order valence-electron chi connectivity index (χ1n) is 9.29. The lowest BCUT2D eigenvalue weighted by atomic mass is 10.0. The van der Waals surface area contributed by atoms with E-state index in [9.17, 15) is 4.79 Å². The van der Waals surface area contributed by atoms with Crippen LogP contribution in [0.3, 0.4) is 0 Å². The molecule has 1 amide bonds. The van der Waals surface area contributed by atoms with Crippen molar-refractivity contribution in [3.8, 4) is 0 Å². The van der Waals surface area contributed by atoms with E-state index in [1.54, 1.807) is 11.9 Å². The van der Waals surface area contributed by atoms with Crippen LogP contribution in [0.15, 0.2) is 79.0 Å². The Labute approximate surface area is 164 Å². The van der Waals surface area contributed by atoms with Crippen molar-refractivity contribution in [3.05, 3.63) is 95.7 Å². The molecule has 0 atom stereocenters. The van der Waals surface area contributed by atoms with Gasteiger partial charge in [-0.25, -0.2) is 0 Å². The van der Waals surface area contributed by atoms with Gasteiger partial charge in [0.2, 0.25) is 0 Å². The Balaban J connectivity index is 1.72. The Morgan fingerprint density at radius 3 is 2.43 bits per heavy atom. The standard InChI is InChI=1S/C24H23N3O/c1-26-16-19(14-17-8-6-7-11-22(17)25)21-15-18(12-13-23(21)26)24(28)27(2)20-9-4-3-5-10-20/h3-13,15-16H,14,25H2,1-2H3. The molecule has 1 heterocycles. The molecule has 0 saturated heterocycles. The fourth-order valence-corrected chi connectivity index (χ4v) is 3.61. The highest BCUT2D eigenvalue weighted by Gasteiger charge is 2.16. The number of rotatable bonds is 4. The second kappa shape index (κ2) is 7.24. The van der Waals surface area contributed by atoms with Gasteiger partial charge in [-0.2, -0.15) is 0 Å². The van der Waals surface area contributed by atoms with Gasteiger partial charge in [0.1, 0.15) is 0 Å². The normalized spacial score (nSPS) is 10.9. The SMILES string of the molecule is CN(C(=O)c1ccc2c(c1)c(Cc1ccccc1N)cn2C)c1ccccc1. The molecule has 0 aliphatic heterocycles. The molecule has 0 aliphatic carbocycles. The predicted molar refractivity (Wildman–Crippen MR) is 116 cm³/mol. The van der Waals surface area contributed by atoms with Crippen LogP contribution in [-0.4, -0.2) is 17.5 Å². The zero-order valence-electron chi connectivity index (χ0n) is 16.1. The summed E-state index contributed by atoms with van der Waals surface area (Å²) in [5.74, 6) is -0.0258. The zero-order chi connectivity index (χ0) is 19.7. The lowest BCUT2D eigenvalue weighted by Crippen LogP contribution is -2.26. The molecular weight excluding hydrogens is 346 g/mol. The van der Waals surface area contributed by atoms with Gasteiger partial charge in [-0.05, 0) is 47.5 Å². The molecule has 2 N–H and O–H groups in total. The number of aryl methyl sites for hydroxylation is 1. The minimum absolute atomic E-state index is 0.0258. The van der Waals surface area contributed by atoms with Crippen molar-refractivity contribution >= 4 is 28.2 Å². The largest absolute Gasteiger partial charge is 0.398 e. The number of anilines is 2. The predicted octanol–water partition coefficient (Wildman–Crippen LogP) is 4.63. The maximum atomic E-state index is 13.0. The molecule has 0 saturated carbocycles. The third-order valence-electron chi connectivity index (χ3n) is 5.20. The van der Waals surface area contributed by atoms with Crippen molar-refractivity contribution in [3.63, 3.8) is 0 Å². The number of hydrogen-bond donors (Lipinski definition) is 1. The fraction of sp³-hybridized carbons (Fsp3) is 0.125. The summed E-state index contributed by atoms with van der Waals surface area (Å²) in [4.78, 5) is 14.7. The van der Waals surface area contributed by atoms with Crippen LogP contribution in [-0.2, 0) is 13.5 Å². The van der Waals surface area contributed by atoms with Crippen LogP contribution >= 0.6 is 0 Å². The van der Waals surface area contributed by atoms with E-state index in [1.807, 2.05) is 79.8 Å². The number of aromatic nitrogens is 1. The van der Waals surface area contributed by atoms with Gasteiger partial charge in [0, 0.05) is 54.6 Å². The average molecular weight is 369 g/mol. The molecule has 0 fully saturated rings. The van der Waals surface area contributed by atoms with Crippen LogP contribution in [0.2, 0.25) is 0 Å². The molecular formula is C24H23N3O. The second-order valence-electron chi connectivity index (χ2n) is 7.07. The van der Waals surface area contributed by atoms with Crippen LogP contribution < -0.4 is 10.6 Å². The van der Waals surface area contributed by atoms with Gasteiger partial charge in [0.25, 0.3) is 5.91 Å². The van der Waals surface area contributed by atoms with Gasteiger partial charge in [-0.15, -0.1) is 0 Å². The highest BCUT2D eigenvalue weighted by Crippen LogP contribution is 2.27. The lowest BCUT2D eigenvalue weighted by molar-refractivity contribution is 0.0993. The molecule has 4 heteroatoms. The number of fused-ring (bicyclic) bond motifs is 1. The van der Waals surface area contributed by atoms with Gasteiger partial charge in [0.15, 0.2) is 0 Å². The van der Waals surface area contributed by atoms with Crippen LogP contribution in [0.4, 0.5) is 11.4 Å². The summed E-state index contributed by atoms with van der Waals surface area (Å²) < 4.78 is 2.10. The minimum Gasteiger partial charge on any atom is -0.398 e. The van der Waals surface area contributed by atoms with Crippen molar-refractivity contribution < 1.29 is 4.79 Å². The quantitative estimate of drug-likeness (QED) is 0.533. The van der Waals surface area contributed by atoms with Crippen molar-refractivity contribution in [1.29, 1.82) is 0 Å². The van der Waals surface area contributed by atoms with Gasteiger partial charge in [0.05, 0.1) is 0 Å². The van der Waals surface area contributed by atoms with E-state index in [0.717, 1.165) is 39.8 Å². The maximum Gasteiger partial charge on any atom is 0.258 e. The topological polar surface area (TPSA) is 51.3 Å². The third-order valence-corrected chi connectivity index (χ3v) is 5.20. The molecule has 1 aromatic heterocycles. The molecule has 140 valence electrons. The van der Waals surface area contributed by atoms with Crippen LogP contribution in [0, 0.1) is 0 Å². The van der Waals surface area contributed by atoms with Gasteiger partial charge >= 0.3 is 0 Å². The van der Waals surface area contributed by atoms with E-state index in [2.05, 4.69) is 10.8 Å². The molecule has 0 radical (unpaired) electrons. The summed E-state index contributed by atoms with van der Waals surface area (Å²) >= 11 is 0. The monoisotopic (exact) mass is 369 g/mol. The zero-order valence-corrected chi connectivity index (χ0v) is 16.1. The number of benzene rings is 3. The fourth-order valence-electron chi connectivity index (χ4n) is 3.61. The number of para-hydroxylation sites is 2. The van der Waals surface area contributed by atoms with Crippen molar-refractivity contribution in [1.82, 2.24) is 4.57 Å². The van der Waals surface area contributed by atoms with Gasteiger partial charge in [-0.1, -0.05) is 36.4 Å².